The lowest BCUT2D eigenvalue weighted by Crippen LogP contribution is -2.64. The molecule has 4 heterocycles. The highest BCUT2D eigenvalue weighted by molar-refractivity contribution is 6.39. The minimum atomic E-state index is -2.52. The molecule has 5 aliphatic rings. The summed E-state index contributed by atoms with van der Waals surface area (Å²) in [6, 6.07) is 7.74. The van der Waals surface area contributed by atoms with Crippen LogP contribution in [0.15, 0.2) is 66.4 Å². The Kier molecular flexibility index (Phi) is 16.9. The molecule has 1 aromatic carbocycles. The molecule has 68 heavy (non-hydrogen) atoms. The molecule has 4 fully saturated rings. The molecule has 14 heteroatoms. The molecule has 2 aromatic rings. The van der Waals surface area contributed by atoms with Crippen LogP contribution in [0.5, 0.6) is 0 Å². The first-order chi connectivity index (χ1) is 32.5. The Morgan fingerprint density at radius 2 is 1.68 bits per heavy atom. The number of carbonyl (C=O) groups is 4. The number of ketones is 2. The smallest absolute Gasteiger partial charge is 0.329 e. The average molecular weight is 944 g/mol. The van der Waals surface area contributed by atoms with Gasteiger partial charge in [-0.15, -0.1) is 6.58 Å². The third-order valence-corrected chi connectivity index (χ3v) is 15.6. The zero-order valence-electron chi connectivity index (χ0n) is 41.3. The van der Waals surface area contributed by atoms with E-state index in [0.29, 0.717) is 56.6 Å². The van der Waals surface area contributed by atoms with Gasteiger partial charge in [0.25, 0.3) is 11.7 Å². The third kappa shape index (κ3) is 11.5. The fraction of sp³-hybridized carbons (Fsp3) is 0.667. The predicted octanol–water partition coefficient (Wildman–Crippen LogP) is 7.39. The van der Waals surface area contributed by atoms with Crippen LogP contribution in [0.1, 0.15) is 124 Å². The number of rotatable bonds is 9. The topological polar surface area (TPSA) is 186 Å². The Bertz CT molecular complexity index is 2200. The van der Waals surface area contributed by atoms with Gasteiger partial charge in [0.1, 0.15) is 24.0 Å². The minimum Gasteiger partial charge on any atom is -0.456 e. The second-order valence-corrected chi connectivity index (χ2v) is 21.0. The molecule has 4 N–H and O–H groups in total. The molecule has 0 spiro atoms. The van der Waals surface area contributed by atoms with E-state index < -0.39 is 83.9 Å². The number of Topliss-reactive ketones (excluding diaryl/α,β-unsaturated/α-hetero) is 2. The number of esters is 1. The molecule has 14 nitrogen and oxygen atoms in total. The van der Waals surface area contributed by atoms with Crippen LogP contribution in [0, 0.1) is 29.6 Å². The summed E-state index contributed by atoms with van der Waals surface area (Å²) < 4.78 is 26.8. The van der Waals surface area contributed by atoms with Crippen molar-refractivity contribution in [2.75, 3.05) is 26.1 Å². The van der Waals surface area contributed by atoms with E-state index in [1.54, 1.807) is 19.9 Å². The van der Waals surface area contributed by atoms with Crippen LogP contribution >= 0.6 is 0 Å². The molecule has 14 unspecified atom stereocenters. The Balaban J connectivity index is 1.16. The van der Waals surface area contributed by atoms with E-state index in [4.69, 9.17) is 18.9 Å². The number of ether oxygens (including phenoxy) is 4. The SMILES string of the molecule is C=CCC1/C=C(\C)CC(C)CC(OC)C2OC(O)(C(=O)C(=O)N3CCCCC3C(=O)OC(C(C)=CC3CCC(Nc4ccc5c(ccn5C5CC5)c4)C(O)C3)C(C)C(O)CC1=O)C(C)CC2OC. The van der Waals surface area contributed by atoms with Crippen LogP contribution in [-0.2, 0) is 38.1 Å². The van der Waals surface area contributed by atoms with Gasteiger partial charge in [-0.1, -0.05) is 44.6 Å². The predicted molar refractivity (Wildman–Crippen MR) is 259 cm³/mol. The van der Waals surface area contributed by atoms with Gasteiger partial charge in [0, 0.05) is 73.8 Å². The number of carbonyl (C=O) groups excluding carboxylic acids is 4. The zero-order valence-corrected chi connectivity index (χ0v) is 41.3. The summed E-state index contributed by atoms with van der Waals surface area (Å²) in [5.41, 5.74) is 3.77. The van der Waals surface area contributed by atoms with Gasteiger partial charge >= 0.3 is 5.97 Å². The van der Waals surface area contributed by atoms with E-state index in [0.717, 1.165) is 23.1 Å². The molecule has 2 bridgehead atoms. The molecule has 2 saturated heterocycles. The number of nitrogens with zero attached hydrogens (tertiary/aromatic N) is 2. The molecule has 2 saturated carbocycles. The lowest BCUT2D eigenvalue weighted by Gasteiger charge is -2.47. The monoisotopic (exact) mass is 944 g/mol. The number of cyclic esters (lactones) is 1. The van der Waals surface area contributed by atoms with Crippen molar-refractivity contribution in [1.29, 1.82) is 0 Å². The number of allylic oxidation sites excluding steroid dienone is 4. The van der Waals surface area contributed by atoms with Gasteiger partial charge in [0.2, 0.25) is 5.79 Å². The highest BCUT2D eigenvalue weighted by atomic mass is 16.7. The van der Waals surface area contributed by atoms with Crippen molar-refractivity contribution in [3.8, 4) is 0 Å². The molecule has 3 aliphatic heterocycles. The summed E-state index contributed by atoms with van der Waals surface area (Å²) >= 11 is 0. The molecule has 7 rings (SSSR count). The standard InChI is InChI=1S/C54H77N3O11/c1-9-12-38-24-31(2)23-32(3)25-47(65-7)50-48(66-8)27-34(5)54(64,68-50)51(61)52(62)57-21-11-10-13-43(57)53(63)67-49(35(6)44(58)30-45(38)59)33(4)26-36-14-18-41(46(60)28-36)55-39-15-19-42-37(29-39)20-22-56(42)40-16-17-40/h9,15,19-20,22,24,26,29,32,34-36,38,40-41,43-44,46-50,55,58,60,64H,1,10-14,16-18,21,23,25,27-28,30H2,2-8H3/b31-24+,33-26?. The number of fused-ring (bicyclic) bond motifs is 4. The quantitative estimate of drug-likeness (QED) is 0.111. The van der Waals surface area contributed by atoms with Crippen LogP contribution in [-0.4, -0.2) is 123 Å². The van der Waals surface area contributed by atoms with E-state index in [1.165, 1.54) is 37.5 Å². The number of aliphatic hydroxyl groups excluding tert-OH is 2. The summed E-state index contributed by atoms with van der Waals surface area (Å²) in [5, 5.41) is 40.3. The van der Waals surface area contributed by atoms with Crippen molar-refractivity contribution in [3.63, 3.8) is 0 Å². The largest absolute Gasteiger partial charge is 0.456 e. The molecule has 0 radical (unpaired) electrons. The molecule has 374 valence electrons. The molecule has 2 aliphatic carbocycles. The van der Waals surface area contributed by atoms with Crippen LogP contribution in [0.3, 0.4) is 0 Å². The first-order valence-corrected chi connectivity index (χ1v) is 25.2. The maximum atomic E-state index is 14.6. The van der Waals surface area contributed by atoms with Crippen LogP contribution in [0.4, 0.5) is 5.69 Å². The summed E-state index contributed by atoms with van der Waals surface area (Å²) in [6.07, 6.45) is 9.83. The lowest BCUT2D eigenvalue weighted by molar-refractivity contribution is -0.302. The van der Waals surface area contributed by atoms with Crippen molar-refractivity contribution in [2.45, 2.75) is 179 Å². The first kappa shape index (κ1) is 51.7. The maximum Gasteiger partial charge on any atom is 0.329 e. The fourth-order valence-corrected chi connectivity index (χ4v) is 11.5. The van der Waals surface area contributed by atoms with Gasteiger partial charge in [-0.05, 0) is 133 Å². The van der Waals surface area contributed by atoms with E-state index in [9.17, 15) is 34.5 Å². The zero-order chi connectivity index (χ0) is 49.0. The second-order valence-electron chi connectivity index (χ2n) is 21.0. The lowest BCUT2D eigenvalue weighted by atomic mass is 9.81. The van der Waals surface area contributed by atoms with Crippen molar-refractivity contribution in [3.05, 3.63) is 66.4 Å². The Morgan fingerprint density at radius 1 is 0.941 bits per heavy atom. The summed E-state index contributed by atoms with van der Waals surface area (Å²) in [7, 11) is 3.06. The van der Waals surface area contributed by atoms with E-state index in [1.807, 2.05) is 32.9 Å². The molecule has 1 amide bonds. The average Bonchev–Trinajstić information content (AvgIpc) is 4.08. The third-order valence-electron chi connectivity index (χ3n) is 15.6. The first-order valence-electron chi connectivity index (χ1n) is 25.2. The molecule has 14 atom stereocenters. The van der Waals surface area contributed by atoms with Gasteiger partial charge < -0.3 is 49.1 Å². The summed E-state index contributed by atoms with van der Waals surface area (Å²) in [5.74, 6) is -7.90. The number of aliphatic hydroxyl groups is 3. The number of nitrogens with one attached hydrogen (secondary N) is 1. The molecular formula is C54H77N3O11. The van der Waals surface area contributed by atoms with Crippen molar-refractivity contribution < 1.29 is 53.4 Å². The van der Waals surface area contributed by atoms with Crippen molar-refractivity contribution >= 4 is 40.0 Å². The second kappa shape index (κ2) is 22.3. The van der Waals surface area contributed by atoms with E-state index in [-0.39, 0.29) is 49.5 Å². The van der Waals surface area contributed by atoms with Crippen molar-refractivity contribution in [2.24, 2.45) is 29.6 Å². The number of amides is 1. The number of hydrogen-bond donors (Lipinski definition) is 4. The Morgan fingerprint density at radius 3 is 2.37 bits per heavy atom. The number of hydrogen-bond acceptors (Lipinski definition) is 12. The number of anilines is 1. The maximum absolute atomic E-state index is 14.6. The van der Waals surface area contributed by atoms with Gasteiger partial charge in [-0.25, -0.2) is 4.79 Å². The van der Waals surface area contributed by atoms with Crippen LogP contribution in [0.2, 0.25) is 0 Å². The number of piperidine rings is 1. The number of benzene rings is 1. The van der Waals surface area contributed by atoms with Gasteiger partial charge in [0.05, 0.1) is 30.5 Å². The molecule has 1 aromatic heterocycles. The number of aromatic nitrogens is 1. The molecular weight excluding hydrogens is 867 g/mol. The van der Waals surface area contributed by atoms with E-state index in [2.05, 4.69) is 46.9 Å². The summed E-state index contributed by atoms with van der Waals surface area (Å²) in [4.78, 5) is 58.6. The van der Waals surface area contributed by atoms with Gasteiger partial charge in [0.15, 0.2) is 0 Å². The Labute approximate surface area is 402 Å². The normalized spacial score (nSPS) is 37.4. The van der Waals surface area contributed by atoms with Gasteiger partial charge in [-0.2, -0.15) is 0 Å². The highest BCUT2D eigenvalue weighted by Crippen LogP contribution is 2.41. The van der Waals surface area contributed by atoms with Gasteiger partial charge in [-0.3, -0.25) is 14.4 Å². The van der Waals surface area contributed by atoms with Crippen LogP contribution < -0.4 is 5.32 Å². The Hall–Kier alpha value is -4.18. The van der Waals surface area contributed by atoms with E-state index >= 15 is 0 Å². The summed E-state index contributed by atoms with van der Waals surface area (Å²) in [6.45, 7) is 13.2. The highest BCUT2D eigenvalue weighted by Gasteiger charge is 2.56. The number of methoxy groups -OCH3 is 2. The fourth-order valence-electron chi connectivity index (χ4n) is 11.5. The van der Waals surface area contributed by atoms with Crippen LogP contribution in [0.25, 0.3) is 10.9 Å². The minimum absolute atomic E-state index is 0.00171. The van der Waals surface area contributed by atoms with Crippen molar-refractivity contribution in [1.82, 2.24) is 9.47 Å².